The molecule has 1 rings (SSSR count). The van der Waals surface area contributed by atoms with E-state index in [1.54, 1.807) is 12.1 Å². The van der Waals surface area contributed by atoms with E-state index >= 15 is 0 Å². The van der Waals surface area contributed by atoms with E-state index in [1.165, 1.54) is 6.07 Å². The molecule has 0 aromatic heterocycles. The molecule has 0 unspecified atom stereocenters. The van der Waals surface area contributed by atoms with Crippen LogP contribution in [0.2, 0.25) is 0 Å². The van der Waals surface area contributed by atoms with E-state index in [0.717, 1.165) is 3.57 Å². The Bertz CT molecular complexity index is 465. The summed E-state index contributed by atoms with van der Waals surface area (Å²) in [6.45, 7) is 3.88. The highest BCUT2D eigenvalue weighted by molar-refractivity contribution is 14.1. The molecule has 0 radical (unpaired) electrons. The van der Waals surface area contributed by atoms with Crippen LogP contribution in [-0.4, -0.2) is 11.0 Å². The number of hydrogen-bond acceptors (Lipinski definition) is 2. The monoisotopic (exact) mass is 380 g/mol. The SMILES string of the molecule is CC(C)CC(=O)NC(=S)Nc1ccc(I)cc1F. The quantitative estimate of drug-likeness (QED) is 0.625. The van der Waals surface area contributed by atoms with E-state index in [0.29, 0.717) is 6.42 Å². The van der Waals surface area contributed by atoms with Gasteiger partial charge in [0.1, 0.15) is 5.82 Å². The van der Waals surface area contributed by atoms with Crippen molar-refractivity contribution in [2.24, 2.45) is 5.92 Å². The van der Waals surface area contributed by atoms with Crippen molar-refractivity contribution in [3.05, 3.63) is 27.6 Å². The average Bonchev–Trinajstić information content (AvgIpc) is 2.20. The first-order chi connectivity index (χ1) is 8.38. The van der Waals surface area contributed by atoms with E-state index in [4.69, 9.17) is 12.2 Å². The van der Waals surface area contributed by atoms with Crippen molar-refractivity contribution in [1.29, 1.82) is 0 Å². The van der Waals surface area contributed by atoms with Crippen LogP contribution < -0.4 is 10.6 Å². The summed E-state index contributed by atoms with van der Waals surface area (Å²) in [6, 6.07) is 4.73. The van der Waals surface area contributed by atoms with Gasteiger partial charge in [-0.15, -0.1) is 0 Å². The van der Waals surface area contributed by atoms with Crippen molar-refractivity contribution in [2.45, 2.75) is 20.3 Å². The van der Waals surface area contributed by atoms with E-state index in [1.807, 2.05) is 36.4 Å². The fourth-order valence-corrected chi connectivity index (χ4v) is 1.97. The number of benzene rings is 1. The van der Waals surface area contributed by atoms with Gasteiger partial charge in [0.05, 0.1) is 5.69 Å². The fraction of sp³-hybridized carbons (Fsp3) is 0.333. The molecule has 0 aliphatic carbocycles. The molecule has 18 heavy (non-hydrogen) atoms. The Balaban J connectivity index is 2.57. The molecule has 6 heteroatoms. The number of carbonyl (C=O) groups excluding carboxylic acids is 1. The Kier molecular flexibility index (Phi) is 5.94. The van der Waals surface area contributed by atoms with Gasteiger partial charge in [0.25, 0.3) is 0 Å². The fourth-order valence-electron chi connectivity index (χ4n) is 1.29. The van der Waals surface area contributed by atoms with Gasteiger partial charge in [-0.3, -0.25) is 4.79 Å². The van der Waals surface area contributed by atoms with Crippen LogP contribution in [0.1, 0.15) is 20.3 Å². The van der Waals surface area contributed by atoms with Crippen LogP contribution in [0.25, 0.3) is 0 Å². The van der Waals surface area contributed by atoms with E-state index in [-0.39, 0.29) is 22.6 Å². The van der Waals surface area contributed by atoms with Crippen LogP contribution in [0.4, 0.5) is 10.1 Å². The number of anilines is 1. The molecule has 0 heterocycles. The van der Waals surface area contributed by atoms with Gasteiger partial charge >= 0.3 is 0 Å². The Labute approximate surface area is 125 Å². The first-order valence-electron chi connectivity index (χ1n) is 5.44. The van der Waals surface area contributed by atoms with Crippen LogP contribution >= 0.6 is 34.8 Å². The normalized spacial score (nSPS) is 10.3. The van der Waals surface area contributed by atoms with Crippen LogP contribution in [0.5, 0.6) is 0 Å². The number of hydrogen-bond donors (Lipinski definition) is 2. The second kappa shape index (κ2) is 6.98. The summed E-state index contributed by atoms with van der Waals surface area (Å²) >= 11 is 6.96. The Morgan fingerprint density at radius 2 is 2.17 bits per heavy atom. The number of thiocarbonyl (C=S) groups is 1. The minimum absolute atomic E-state index is 0.112. The number of carbonyl (C=O) groups is 1. The molecule has 0 saturated carbocycles. The zero-order valence-corrected chi connectivity index (χ0v) is 13.1. The lowest BCUT2D eigenvalue weighted by molar-refractivity contribution is -0.120. The molecule has 0 spiro atoms. The first kappa shape index (κ1) is 15.3. The van der Waals surface area contributed by atoms with Gasteiger partial charge in [0.15, 0.2) is 5.11 Å². The lowest BCUT2D eigenvalue weighted by Crippen LogP contribution is -2.34. The van der Waals surface area contributed by atoms with Gasteiger partial charge in [-0.25, -0.2) is 4.39 Å². The Morgan fingerprint density at radius 1 is 1.50 bits per heavy atom. The van der Waals surface area contributed by atoms with E-state index in [2.05, 4.69) is 10.6 Å². The van der Waals surface area contributed by atoms with Crippen LogP contribution in [0, 0.1) is 15.3 Å². The first-order valence-corrected chi connectivity index (χ1v) is 6.93. The molecular weight excluding hydrogens is 366 g/mol. The summed E-state index contributed by atoms with van der Waals surface area (Å²) in [5, 5.41) is 5.29. The van der Waals surface area contributed by atoms with Crippen molar-refractivity contribution in [3.8, 4) is 0 Å². The lowest BCUT2D eigenvalue weighted by Gasteiger charge is -2.11. The van der Waals surface area contributed by atoms with E-state index in [9.17, 15) is 9.18 Å². The predicted octanol–water partition coefficient (Wildman–Crippen LogP) is 3.29. The molecule has 0 bridgehead atoms. The highest BCUT2D eigenvalue weighted by Gasteiger charge is 2.09. The molecule has 1 amide bonds. The molecule has 0 saturated heterocycles. The van der Waals surface area contributed by atoms with Crippen molar-refractivity contribution >= 4 is 51.5 Å². The maximum atomic E-state index is 13.5. The zero-order chi connectivity index (χ0) is 13.7. The van der Waals surface area contributed by atoms with E-state index < -0.39 is 5.82 Å². The minimum Gasteiger partial charge on any atom is -0.330 e. The van der Waals surface area contributed by atoms with Crippen molar-refractivity contribution in [1.82, 2.24) is 5.32 Å². The van der Waals surface area contributed by atoms with Crippen molar-refractivity contribution in [2.75, 3.05) is 5.32 Å². The van der Waals surface area contributed by atoms with Gasteiger partial charge in [0.2, 0.25) is 5.91 Å². The molecule has 3 nitrogen and oxygen atoms in total. The van der Waals surface area contributed by atoms with Crippen LogP contribution in [-0.2, 0) is 4.79 Å². The summed E-state index contributed by atoms with van der Waals surface area (Å²) in [4.78, 5) is 11.5. The standard InChI is InChI=1S/C12H14FIN2OS/c1-7(2)5-11(17)16-12(18)15-10-4-3-8(14)6-9(10)13/h3-4,6-7H,5H2,1-2H3,(H2,15,16,17,18). The molecule has 1 aromatic carbocycles. The van der Waals surface area contributed by atoms with Gasteiger partial charge in [-0.1, -0.05) is 13.8 Å². The van der Waals surface area contributed by atoms with Gasteiger partial charge in [-0.05, 0) is 58.9 Å². The smallest absolute Gasteiger partial charge is 0.226 e. The summed E-state index contributed by atoms with van der Waals surface area (Å²) in [5.74, 6) is -0.321. The molecule has 98 valence electrons. The summed E-state index contributed by atoms with van der Waals surface area (Å²) in [7, 11) is 0. The zero-order valence-electron chi connectivity index (χ0n) is 10.1. The van der Waals surface area contributed by atoms with Gasteiger partial charge in [-0.2, -0.15) is 0 Å². The Hall–Kier alpha value is -0.760. The molecule has 0 fully saturated rings. The predicted molar refractivity (Wildman–Crippen MR) is 82.9 cm³/mol. The van der Waals surface area contributed by atoms with Crippen LogP contribution in [0.3, 0.4) is 0 Å². The topological polar surface area (TPSA) is 41.1 Å². The number of amides is 1. The molecule has 0 atom stereocenters. The number of nitrogens with one attached hydrogen (secondary N) is 2. The largest absolute Gasteiger partial charge is 0.330 e. The lowest BCUT2D eigenvalue weighted by atomic mass is 10.1. The van der Waals surface area contributed by atoms with Gasteiger partial charge < -0.3 is 10.6 Å². The van der Waals surface area contributed by atoms with Gasteiger partial charge in [0, 0.05) is 9.99 Å². The number of rotatable bonds is 3. The summed E-state index contributed by atoms with van der Waals surface area (Å²) in [6.07, 6.45) is 0.386. The maximum absolute atomic E-state index is 13.5. The average molecular weight is 380 g/mol. The second-order valence-corrected chi connectivity index (χ2v) is 5.88. The Morgan fingerprint density at radius 3 is 2.72 bits per heavy atom. The highest BCUT2D eigenvalue weighted by atomic mass is 127. The molecule has 1 aromatic rings. The molecule has 0 aliphatic heterocycles. The van der Waals surface area contributed by atoms with Crippen molar-refractivity contribution < 1.29 is 9.18 Å². The third-order valence-corrected chi connectivity index (χ3v) is 2.90. The second-order valence-electron chi connectivity index (χ2n) is 4.22. The minimum atomic E-state index is -0.401. The molecular formula is C12H14FIN2OS. The summed E-state index contributed by atoms with van der Waals surface area (Å²) in [5.41, 5.74) is 0.255. The number of halogens is 2. The summed E-state index contributed by atoms with van der Waals surface area (Å²) < 4.78 is 14.3. The molecule has 0 aliphatic rings. The third-order valence-electron chi connectivity index (χ3n) is 2.03. The third kappa shape index (κ3) is 5.26. The van der Waals surface area contributed by atoms with Crippen molar-refractivity contribution in [3.63, 3.8) is 0 Å². The highest BCUT2D eigenvalue weighted by Crippen LogP contribution is 2.16. The molecule has 2 N–H and O–H groups in total. The maximum Gasteiger partial charge on any atom is 0.226 e. The van der Waals surface area contributed by atoms with Crippen LogP contribution in [0.15, 0.2) is 18.2 Å².